The van der Waals surface area contributed by atoms with E-state index in [-0.39, 0.29) is 17.1 Å². The number of hydrogen-bond acceptors (Lipinski definition) is 6. The maximum atomic E-state index is 12.4. The van der Waals surface area contributed by atoms with Crippen molar-refractivity contribution in [1.29, 1.82) is 0 Å². The van der Waals surface area contributed by atoms with Crippen molar-refractivity contribution in [1.82, 2.24) is 5.23 Å². The molecule has 0 atom stereocenters. The van der Waals surface area contributed by atoms with Crippen molar-refractivity contribution in [3.63, 3.8) is 0 Å². The quantitative estimate of drug-likeness (QED) is 0.513. The molecule has 138 valence electrons. The summed E-state index contributed by atoms with van der Waals surface area (Å²) in [5.74, 6) is -0.0367. The third-order valence-corrected chi connectivity index (χ3v) is 4.73. The van der Waals surface area contributed by atoms with Crippen molar-refractivity contribution in [2.45, 2.75) is 11.7 Å². The zero-order valence-electron chi connectivity index (χ0n) is 14.4. The first-order valence-electron chi connectivity index (χ1n) is 7.79. The molecule has 2 aromatic rings. The molecule has 2 rings (SSSR count). The molecule has 0 heterocycles. The highest BCUT2D eigenvalue weighted by Crippen LogP contribution is 2.29. The maximum absolute atomic E-state index is 12.4. The number of carbonyl (C=O) groups is 1. The van der Waals surface area contributed by atoms with Crippen LogP contribution in [-0.2, 0) is 14.8 Å². The number of ether oxygens (including phenoxy) is 1. The van der Waals surface area contributed by atoms with Gasteiger partial charge >= 0.3 is 7.05 Å². The predicted octanol–water partition coefficient (Wildman–Crippen LogP) is 1.13. The number of sulfonamides is 1. The molecule has 0 aliphatic rings. The highest BCUT2D eigenvalue weighted by molar-refractivity contribution is 7.92. The molecule has 4 N–H and O–H groups in total. The van der Waals surface area contributed by atoms with E-state index in [1.807, 2.05) is 0 Å². The molecule has 1 amide bonds. The van der Waals surface area contributed by atoms with E-state index < -0.39 is 23.0 Å². The molecule has 0 aromatic heterocycles. The summed E-state index contributed by atoms with van der Waals surface area (Å²) in [4.78, 5) is 12.1. The van der Waals surface area contributed by atoms with Gasteiger partial charge in [-0.15, -0.1) is 0 Å². The van der Waals surface area contributed by atoms with Crippen LogP contribution in [0.3, 0.4) is 0 Å². The van der Waals surface area contributed by atoms with Gasteiger partial charge in [-0.3, -0.25) is 9.52 Å². The summed E-state index contributed by atoms with van der Waals surface area (Å²) in [7, 11) is -3.14. The van der Waals surface area contributed by atoms with E-state index in [0.29, 0.717) is 11.4 Å². The molecule has 0 bridgehead atoms. The molecule has 26 heavy (non-hydrogen) atoms. The second kappa shape index (κ2) is 8.70. The van der Waals surface area contributed by atoms with Gasteiger partial charge < -0.3 is 20.3 Å². The number of anilines is 2. The average molecular weight is 377 g/mol. The second-order valence-corrected chi connectivity index (χ2v) is 7.12. The Morgan fingerprint density at radius 3 is 2.50 bits per heavy atom. The molecule has 0 radical (unpaired) electrons. The van der Waals surface area contributed by atoms with Gasteiger partial charge in [0.1, 0.15) is 5.75 Å². The third-order valence-electron chi connectivity index (χ3n) is 3.34. The summed E-state index contributed by atoms with van der Waals surface area (Å²) in [6, 6.07) is 12.5. The first-order valence-corrected chi connectivity index (χ1v) is 9.27. The van der Waals surface area contributed by atoms with Crippen LogP contribution >= 0.6 is 0 Å². The van der Waals surface area contributed by atoms with Crippen LogP contribution in [0, 0.1) is 0 Å². The number of carbonyl (C=O) groups excluding carboxylic acids is 1. The van der Waals surface area contributed by atoms with E-state index >= 15 is 0 Å². The lowest BCUT2D eigenvalue weighted by atomic mass is 9.89. The van der Waals surface area contributed by atoms with Crippen molar-refractivity contribution in [3.05, 3.63) is 48.5 Å². The molecule has 0 spiro atoms. The van der Waals surface area contributed by atoms with Gasteiger partial charge in [0.2, 0.25) is 5.91 Å². The van der Waals surface area contributed by atoms with Crippen LogP contribution in [0.25, 0.3) is 0 Å². The topological polar surface area (TPSA) is 117 Å². The SMILES string of the molecule is COc1ccc(NS(=O)(=O)c2ccccc2)cc1NC(=O)CNB(C)O. The first kappa shape index (κ1) is 19.8. The molecule has 0 fully saturated rings. The number of benzene rings is 2. The summed E-state index contributed by atoms with van der Waals surface area (Å²) in [6.07, 6.45) is 0. The van der Waals surface area contributed by atoms with Gasteiger partial charge in [0.05, 0.1) is 29.9 Å². The molecule has 0 saturated heterocycles. The van der Waals surface area contributed by atoms with Crippen LogP contribution in [0.15, 0.2) is 53.4 Å². The Bertz CT molecular complexity index is 859. The van der Waals surface area contributed by atoms with Gasteiger partial charge in [-0.1, -0.05) is 18.2 Å². The van der Waals surface area contributed by atoms with Crippen molar-refractivity contribution in [3.8, 4) is 5.75 Å². The summed E-state index contributed by atoms with van der Waals surface area (Å²) >= 11 is 0. The fraction of sp³-hybridized carbons (Fsp3) is 0.188. The minimum absolute atomic E-state index is 0.110. The zero-order chi connectivity index (χ0) is 19.2. The highest BCUT2D eigenvalue weighted by Gasteiger charge is 2.16. The normalized spacial score (nSPS) is 10.9. The number of rotatable bonds is 8. The molecular weight excluding hydrogens is 357 g/mol. The zero-order valence-corrected chi connectivity index (χ0v) is 15.2. The molecule has 8 nitrogen and oxygen atoms in total. The van der Waals surface area contributed by atoms with E-state index in [0.717, 1.165) is 0 Å². The molecule has 2 aromatic carbocycles. The Balaban J connectivity index is 2.19. The fourth-order valence-electron chi connectivity index (χ4n) is 2.12. The molecule has 0 aliphatic carbocycles. The molecule has 10 heteroatoms. The Kier molecular flexibility index (Phi) is 6.61. The minimum atomic E-state index is -3.75. The van der Waals surface area contributed by atoms with E-state index in [4.69, 9.17) is 9.76 Å². The molecule has 0 aliphatic heterocycles. The van der Waals surface area contributed by atoms with Crippen LogP contribution < -0.4 is 20.0 Å². The van der Waals surface area contributed by atoms with Crippen LogP contribution in [0.2, 0.25) is 6.82 Å². The first-order chi connectivity index (χ1) is 12.3. The number of hydrogen-bond donors (Lipinski definition) is 4. The number of methoxy groups -OCH3 is 1. The van der Waals surface area contributed by atoms with Crippen molar-refractivity contribution in [2.75, 3.05) is 23.7 Å². The number of amides is 1. The number of nitrogens with one attached hydrogen (secondary N) is 3. The Morgan fingerprint density at radius 1 is 1.19 bits per heavy atom. The highest BCUT2D eigenvalue weighted by atomic mass is 32.2. The Hall–Kier alpha value is -2.56. The Morgan fingerprint density at radius 2 is 1.88 bits per heavy atom. The van der Waals surface area contributed by atoms with Gasteiger partial charge in [-0.2, -0.15) is 0 Å². The average Bonchev–Trinajstić information content (AvgIpc) is 2.61. The van der Waals surface area contributed by atoms with E-state index in [1.165, 1.54) is 38.2 Å². The van der Waals surface area contributed by atoms with Crippen LogP contribution in [-0.4, -0.2) is 40.1 Å². The van der Waals surface area contributed by atoms with Gasteiger partial charge in [0.25, 0.3) is 10.0 Å². The van der Waals surface area contributed by atoms with E-state index in [2.05, 4.69) is 15.3 Å². The summed E-state index contributed by atoms with van der Waals surface area (Å²) in [5, 5.41) is 14.3. The molecule has 0 saturated carbocycles. The predicted molar refractivity (Wildman–Crippen MR) is 101 cm³/mol. The maximum Gasteiger partial charge on any atom is 0.374 e. The van der Waals surface area contributed by atoms with E-state index in [9.17, 15) is 13.2 Å². The largest absolute Gasteiger partial charge is 0.495 e. The lowest BCUT2D eigenvalue weighted by molar-refractivity contribution is -0.115. The van der Waals surface area contributed by atoms with E-state index in [1.54, 1.807) is 24.3 Å². The monoisotopic (exact) mass is 377 g/mol. The summed E-state index contributed by atoms with van der Waals surface area (Å²) in [6.45, 7) is 1.38. The van der Waals surface area contributed by atoms with Crippen molar-refractivity contribution < 1.29 is 23.0 Å². The lowest BCUT2D eigenvalue weighted by Gasteiger charge is -2.14. The molecule has 0 unspecified atom stereocenters. The summed E-state index contributed by atoms with van der Waals surface area (Å²) < 4.78 is 32.4. The third kappa shape index (κ3) is 5.48. The Labute approximate surface area is 152 Å². The van der Waals surface area contributed by atoms with Gasteiger partial charge in [-0.05, 0) is 37.2 Å². The summed E-state index contributed by atoms with van der Waals surface area (Å²) in [5.41, 5.74) is 0.576. The fourth-order valence-corrected chi connectivity index (χ4v) is 3.19. The second-order valence-electron chi connectivity index (χ2n) is 5.44. The smallest absolute Gasteiger partial charge is 0.374 e. The van der Waals surface area contributed by atoms with Gasteiger partial charge in [0.15, 0.2) is 0 Å². The van der Waals surface area contributed by atoms with Gasteiger partial charge in [0, 0.05) is 0 Å². The van der Waals surface area contributed by atoms with Crippen LogP contribution in [0.5, 0.6) is 5.75 Å². The molecular formula is C16H20BN3O5S. The van der Waals surface area contributed by atoms with Crippen LogP contribution in [0.4, 0.5) is 11.4 Å². The lowest BCUT2D eigenvalue weighted by Crippen LogP contribution is -2.37. The van der Waals surface area contributed by atoms with Gasteiger partial charge in [-0.25, -0.2) is 8.42 Å². The minimum Gasteiger partial charge on any atom is -0.495 e. The standard InChI is InChI=1S/C16H20BN3O5S/c1-17(22)18-11-16(21)19-14-10-12(8-9-15(14)25-2)20-26(23,24)13-6-4-3-5-7-13/h3-10,18,20,22H,11H2,1-2H3,(H,19,21). The van der Waals surface area contributed by atoms with Crippen molar-refractivity contribution in [2.24, 2.45) is 0 Å². The van der Waals surface area contributed by atoms with Crippen molar-refractivity contribution >= 4 is 34.4 Å². The van der Waals surface area contributed by atoms with Crippen LogP contribution in [0.1, 0.15) is 0 Å².